The summed E-state index contributed by atoms with van der Waals surface area (Å²) in [6.45, 7) is 3.26. The zero-order chi connectivity index (χ0) is 20.8. The summed E-state index contributed by atoms with van der Waals surface area (Å²) in [6.07, 6.45) is 1.45. The molecule has 152 valence electrons. The van der Waals surface area contributed by atoms with Gasteiger partial charge >= 0.3 is 0 Å². The van der Waals surface area contributed by atoms with Crippen molar-refractivity contribution in [3.8, 4) is 0 Å². The number of thiophene rings is 1. The highest BCUT2D eigenvalue weighted by Gasteiger charge is 2.23. The molecule has 0 fully saturated rings. The molecule has 2 aromatic rings. The summed E-state index contributed by atoms with van der Waals surface area (Å²) in [5.74, 6) is -0.702. The topological polar surface area (TPSA) is 113 Å². The Bertz CT molecular complexity index is 1010. The van der Waals surface area contributed by atoms with Gasteiger partial charge in [0.2, 0.25) is 15.9 Å². The summed E-state index contributed by atoms with van der Waals surface area (Å²) in [4.78, 5) is 12.1. The Hall–Kier alpha value is -2.05. The summed E-state index contributed by atoms with van der Waals surface area (Å²) in [7, 11) is -5.84. The van der Waals surface area contributed by atoms with Crippen LogP contribution in [0.1, 0.15) is 5.56 Å². The van der Waals surface area contributed by atoms with Crippen LogP contribution in [0.2, 0.25) is 0 Å². The van der Waals surface area contributed by atoms with Gasteiger partial charge in [-0.1, -0.05) is 24.3 Å². The molecule has 0 radical (unpaired) electrons. The maximum atomic E-state index is 12.3. The van der Waals surface area contributed by atoms with Crippen LogP contribution in [0.3, 0.4) is 0 Å². The highest BCUT2D eigenvalue weighted by atomic mass is 32.2. The van der Waals surface area contributed by atoms with Gasteiger partial charge in [0.05, 0.1) is 12.3 Å². The minimum Gasteiger partial charge on any atom is -0.325 e. The van der Waals surface area contributed by atoms with Crippen LogP contribution in [0, 0.1) is 0 Å². The number of nitrogens with one attached hydrogen (secondary N) is 2. The second kappa shape index (κ2) is 9.43. The molecule has 0 unspecified atom stereocenters. The van der Waals surface area contributed by atoms with Crippen molar-refractivity contribution in [2.75, 3.05) is 25.5 Å². The average molecular weight is 444 g/mol. The molecule has 0 aliphatic rings. The van der Waals surface area contributed by atoms with E-state index in [2.05, 4.69) is 16.6 Å². The number of hydrogen-bond donors (Lipinski definition) is 2. The number of carbonyl (C=O) groups is 1. The Labute approximate surface area is 169 Å². The molecule has 2 rings (SSSR count). The van der Waals surface area contributed by atoms with Crippen LogP contribution in [0.15, 0.2) is 58.6 Å². The molecule has 28 heavy (non-hydrogen) atoms. The zero-order valence-corrected chi connectivity index (χ0v) is 17.6. The number of rotatable bonds is 10. The molecule has 0 bridgehead atoms. The molecule has 0 aliphatic heterocycles. The van der Waals surface area contributed by atoms with Gasteiger partial charge in [-0.25, -0.2) is 21.6 Å². The van der Waals surface area contributed by atoms with Crippen molar-refractivity contribution in [3.05, 3.63) is 60.0 Å². The van der Waals surface area contributed by atoms with E-state index in [9.17, 15) is 21.6 Å². The molecule has 8 nitrogen and oxygen atoms in total. The van der Waals surface area contributed by atoms with Gasteiger partial charge in [0.25, 0.3) is 10.0 Å². The van der Waals surface area contributed by atoms with Crippen molar-refractivity contribution >= 4 is 43.0 Å². The van der Waals surface area contributed by atoms with E-state index in [0.717, 1.165) is 15.6 Å². The predicted octanol–water partition coefficient (Wildman–Crippen LogP) is 1.61. The lowest BCUT2D eigenvalue weighted by Crippen LogP contribution is -2.34. The maximum Gasteiger partial charge on any atom is 0.252 e. The van der Waals surface area contributed by atoms with E-state index in [-0.39, 0.29) is 23.1 Å². The Morgan fingerprint density at radius 1 is 1.18 bits per heavy atom. The number of nitrogens with zero attached hydrogens (tertiary/aromatic N) is 1. The predicted molar refractivity (Wildman–Crippen MR) is 110 cm³/mol. The van der Waals surface area contributed by atoms with Crippen molar-refractivity contribution in [3.63, 3.8) is 0 Å². The smallest absolute Gasteiger partial charge is 0.252 e. The van der Waals surface area contributed by atoms with Crippen LogP contribution in [0.4, 0.5) is 5.69 Å². The lowest BCUT2D eigenvalue weighted by Gasteiger charge is -2.15. The summed E-state index contributed by atoms with van der Waals surface area (Å²) >= 11 is 1.08. The SMILES string of the molecule is C=CCNS(=O)(=O)Cc1ccc(NC(=O)CN(C)S(=O)(=O)c2cccs2)cc1. The third-order valence-corrected chi connectivity index (χ3v) is 8.06. The third-order valence-electron chi connectivity index (χ3n) is 3.57. The molecule has 0 atom stereocenters. The van der Waals surface area contributed by atoms with Crippen LogP contribution in [0.5, 0.6) is 0 Å². The van der Waals surface area contributed by atoms with Gasteiger partial charge in [0.15, 0.2) is 0 Å². The highest BCUT2D eigenvalue weighted by molar-refractivity contribution is 7.91. The lowest BCUT2D eigenvalue weighted by molar-refractivity contribution is -0.116. The van der Waals surface area contributed by atoms with E-state index in [0.29, 0.717) is 11.3 Å². The molecular formula is C17H21N3O5S3. The first-order valence-electron chi connectivity index (χ1n) is 8.11. The van der Waals surface area contributed by atoms with Gasteiger partial charge in [-0.3, -0.25) is 4.79 Å². The van der Waals surface area contributed by atoms with Crippen molar-refractivity contribution in [1.29, 1.82) is 0 Å². The van der Waals surface area contributed by atoms with E-state index in [1.54, 1.807) is 35.7 Å². The van der Waals surface area contributed by atoms with Crippen molar-refractivity contribution in [2.24, 2.45) is 0 Å². The second-order valence-corrected chi connectivity index (χ2v) is 10.9. The first-order valence-corrected chi connectivity index (χ1v) is 12.1. The zero-order valence-electron chi connectivity index (χ0n) is 15.2. The van der Waals surface area contributed by atoms with Crippen molar-refractivity contribution in [1.82, 2.24) is 9.03 Å². The molecule has 2 N–H and O–H groups in total. The number of benzene rings is 1. The summed E-state index contributed by atoms with van der Waals surface area (Å²) < 4.78 is 51.8. The first-order chi connectivity index (χ1) is 13.1. The Morgan fingerprint density at radius 2 is 1.86 bits per heavy atom. The lowest BCUT2D eigenvalue weighted by atomic mass is 10.2. The van der Waals surface area contributed by atoms with Crippen LogP contribution >= 0.6 is 11.3 Å². The fourth-order valence-corrected chi connectivity index (χ4v) is 5.63. The standard InChI is InChI=1S/C17H21N3O5S3/c1-3-10-18-27(22,23)13-14-6-8-15(9-7-14)19-16(21)12-20(2)28(24,25)17-5-4-11-26-17/h3-9,11,18H,1,10,12-13H2,2H3,(H,19,21). The van der Waals surface area contributed by atoms with Crippen LogP contribution in [0.25, 0.3) is 0 Å². The molecule has 0 aliphatic carbocycles. The van der Waals surface area contributed by atoms with Gasteiger partial charge < -0.3 is 5.32 Å². The fraction of sp³-hybridized carbons (Fsp3) is 0.235. The monoisotopic (exact) mass is 443 g/mol. The number of sulfonamides is 2. The second-order valence-electron chi connectivity index (χ2n) is 5.83. The molecule has 0 saturated carbocycles. The number of carbonyl (C=O) groups excluding carboxylic acids is 1. The van der Waals surface area contributed by atoms with Crippen LogP contribution in [-0.4, -0.2) is 47.2 Å². The van der Waals surface area contributed by atoms with Crippen molar-refractivity contribution in [2.45, 2.75) is 9.96 Å². The summed E-state index contributed by atoms with van der Waals surface area (Å²) in [5.41, 5.74) is 0.985. The van der Waals surface area contributed by atoms with E-state index < -0.39 is 26.0 Å². The molecule has 0 spiro atoms. The molecule has 1 aromatic heterocycles. The number of anilines is 1. The van der Waals surface area contributed by atoms with Gasteiger partial charge in [-0.15, -0.1) is 17.9 Å². The largest absolute Gasteiger partial charge is 0.325 e. The van der Waals surface area contributed by atoms with E-state index in [4.69, 9.17) is 0 Å². The first kappa shape index (κ1) is 22.2. The molecule has 1 aromatic carbocycles. The van der Waals surface area contributed by atoms with E-state index in [1.807, 2.05) is 0 Å². The average Bonchev–Trinajstić information content (AvgIpc) is 3.17. The third kappa shape index (κ3) is 6.24. The Balaban J connectivity index is 1.95. The van der Waals surface area contributed by atoms with Crippen LogP contribution in [-0.2, 0) is 30.6 Å². The molecule has 11 heteroatoms. The van der Waals surface area contributed by atoms with Crippen molar-refractivity contribution < 1.29 is 21.6 Å². The van der Waals surface area contributed by atoms with Gasteiger partial charge in [0, 0.05) is 19.3 Å². The van der Waals surface area contributed by atoms with Crippen LogP contribution < -0.4 is 10.0 Å². The minimum atomic E-state index is -3.71. The highest BCUT2D eigenvalue weighted by Crippen LogP contribution is 2.19. The Morgan fingerprint density at radius 3 is 2.43 bits per heavy atom. The van der Waals surface area contributed by atoms with Gasteiger partial charge in [0.1, 0.15) is 4.21 Å². The summed E-state index contributed by atoms with van der Waals surface area (Å²) in [5, 5.41) is 4.24. The Kier molecular flexibility index (Phi) is 7.49. The normalized spacial score (nSPS) is 12.1. The van der Waals surface area contributed by atoms with E-state index >= 15 is 0 Å². The van der Waals surface area contributed by atoms with E-state index in [1.165, 1.54) is 19.2 Å². The maximum absolute atomic E-state index is 12.3. The molecule has 1 amide bonds. The fourth-order valence-electron chi connectivity index (χ4n) is 2.19. The summed E-state index contributed by atoms with van der Waals surface area (Å²) in [6, 6.07) is 9.38. The van der Waals surface area contributed by atoms with Gasteiger partial charge in [-0.2, -0.15) is 4.31 Å². The molecule has 0 saturated heterocycles. The number of likely N-dealkylation sites (N-methyl/N-ethyl adjacent to an activating group) is 1. The van der Waals surface area contributed by atoms with Gasteiger partial charge in [-0.05, 0) is 29.1 Å². The number of amides is 1. The quantitative estimate of drug-likeness (QED) is 0.542. The minimum absolute atomic E-state index is 0.151. The number of hydrogen-bond acceptors (Lipinski definition) is 6. The molecule has 1 heterocycles. The molecular weight excluding hydrogens is 422 g/mol.